The summed E-state index contributed by atoms with van der Waals surface area (Å²) in [5.41, 5.74) is 5.61. The first-order valence-corrected chi connectivity index (χ1v) is 11.9. The molecule has 1 heteroatoms. The molecule has 0 bridgehead atoms. The molecule has 0 radical (unpaired) electrons. The third-order valence-corrected chi connectivity index (χ3v) is 7.01. The fourth-order valence-corrected chi connectivity index (χ4v) is 4.67. The van der Waals surface area contributed by atoms with Gasteiger partial charge in [-0.05, 0) is 59.3 Å². The van der Waals surface area contributed by atoms with Gasteiger partial charge in [0.15, 0.2) is 0 Å². The maximum absolute atomic E-state index is 4.85. The van der Waals surface area contributed by atoms with Crippen LogP contribution in [0.1, 0.15) is 84.9 Å². The Balaban J connectivity index is 0.000000377. The van der Waals surface area contributed by atoms with E-state index in [4.69, 9.17) is 4.98 Å². The number of allylic oxidation sites excluding steroid dienone is 6. The Morgan fingerprint density at radius 3 is 2.53 bits per heavy atom. The largest absolute Gasteiger partial charge is 0.256 e. The number of hydrogen-bond donors (Lipinski definition) is 0. The van der Waals surface area contributed by atoms with Gasteiger partial charge in [-0.25, -0.2) is 0 Å². The Morgan fingerprint density at radius 2 is 1.87 bits per heavy atom. The highest BCUT2D eigenvalue weighted by molar-refractivity contribution is 6.00. The number of pyridine rings is 1. The van der Waals surface area contributed by atoms with Gasteiger partial charge in [0.25, 0.3) is 0 Å². The van der Waals surface area contributed by atoms with E-state index in [1.54, 1.807) is 0 Å². The second kappa shape index (κ2) is 9.77. The standard InChI is InChI=1S/C23H25N.C6H14/c1-4-5-6-9-16-10-7-12-18-20(16)22-21-17(14-15-24-22)11-8-13-19(21)23(18,2)3;1-4-6(3)5-2/h5-8,11-16H,4,9-10H2,1-3H3;6H,4-5H2,1-3H3. The molecule has 1 heterocycles. The van der Waals surface area contributed by atoms with Gasteiger partial charge >= 0.3 is 0 Å². The molecule has 30 heavy (non-hydrogen) atoms. The fourth-order valence-electron chi connectivity index (χ4n) is 4.67. The molecule has 1 atom stereocenters. The predicted molar refractivity (Wildman–Crippen MR) is 133 cm³/mol. The minimum Gasteiger partial charge on any atom is -0.256 e. The van der Waals surface area contributed by atoms with Crippen LogP contribution in [0, 0.1) is 11.8 Å². The van der Waals surface area contributed by atoms with Crippen molar-refractivity contribution in [3.05, 3.63) is 71.6 Å². The number of rotatable bonds is 5. The van der Waals surface area contributed by atoms with Crippen LogP contribution in [-0.2, 0) is 5.41 Å². The lowest BCUT2D eigenvalue weighted by molar-refractivity contribution is 0.544. The first kappa shape index (κ1) is 22.5. The summed E-state index contributed by atoms with van der Waals surface area (Å²) in [6.07, 6.45) is 17.3. The second-order valence-corrected chi connectivity index (χ2v) is 9.39. The van der Waals surface area contributed by atoms with E-state index in [-0.39, 0.29) is 5.41 Å². The average molecular weight is 402 g/mol. The molecule has 0 saturated carbocycles. The van der Waals surface area contributed by atoms with Crippen LogP contribution >= 0.6 is 0 Å². The summed E-state index contributed by atoms with van der Waals surface area (Å²) in [5, 5.41) is 2.68. The van der Waals surface area contributed by atoms with Crippen LogP contribution < -0.4 is 0 Å². The van der Waals surface area contributed by atoms with Crippen LogP contribution in [0.2, 0.25) is 0 Å². The van der Waals surface area contributed by atoms with Crippen molar-refractivity contribution in [2.75, 3.05) is 0 Å². The zero-order valence-corrected chi connectivity index (χ0v) is 19.8. The molecule has 4 rings (SSSR count). The van der Waals surface area contributed by atoms with E-state index in [9.17, 15) is 0 Å². The molecule has 2 aliphatic rings. The molecule has 0 saturated heterocycles. The van der Waals surface area contributed by atoms with E-state index in [2.05, 4.69) is 90.1 Å². The summed E-state index contributed by atoms with van der Waals surface area (Å²) in [6, 6.07) is 8.83. The van der Waals surface area contributed by atoms with E-state index < -0.39 is 0 Å². The molecule has 0 aliphatic heterocycles. The van der Waals surface area contributed by atoms with Gasteiger partial charge in [-0.2, -0.15) is 0 Å². The van der Waals surface area contributed by atoms with Gasteiger partial charge in [-0.3, -0.25) is 4.98 Å². The van der Waals surface area contributed by atoms with E-state index in [1.807, 2.05) is 6.20 Å². The fraction of sp³-hybridized carbons (Fsp3) is 0.483. The first-order valence-electron chi connectivity index (χ1n) is 11.9. The van der Waals surface area contributed by atoms with Gasteiger partial charge in [-0.15, -0.1) is 0 Å². The van der Waals surface area contributed by atoms with Gasteiger partial charge in [0.2, 0.25) is 0 Å². The second-order valence-electron chi connectivity index (χ2n) is 9.39. The van der Waals surface area contributed by atoms with Crippen molar-refractivity contribution in [3.8, 4) is 0 Å². The zero-order chi connectivity index (χ0) is 21.7. The molecule has 0 amide bonds. The smallest absolute Gasteiger partial charge is 0.0749 e. The van der Waals surface area contributed by atoms with Crippen molar-refractivity contribution >= 4 is 16.3 Å². The molecule has 0 fully saturated rings. The van der Waals surface area contributed by atoms with E-state index in [0.29, 0.717) is 5.92 Å². The Labute approximate surface area is 184 Å². The van der Waals surface area contributed by atoms with Gasteiger partial charge in [0.05, 0.1) is 5.69 Å². The molecule has 0 N–H and O–H groups in total. The van der Waals surface area contributed by atoms with Crippen LogP contribution in [0.25, 0.3) is 16.3 Å². The third kappa shape index (κ3) is 4.31. The van der Waals surface area contributed by atoms with Crippen LogP contribution in [0.3, 0.4) is 0 Å². The first-order chi connectivity index (χ1) is 14.5. The highest BCUT2D eigenvalue weighted by atomic mass is 14.7. The zero-order valence-electron chi connectivity index (χ0n) is 19.8. The van der Waals surface area contributed by atoms with E-state index >= 15 is 0 Å². The van der Waals surface area contributed by atoms with Crippen molar-refractivity contribution < 1.29 is 0 Å². The lowest BCUT2D eigenvalue weighted by atomic mass is 9.65. The van der Waals surface area contributed by atoms with Gasteiger partial charge in [0.1, 0.15) is 0 Å². The molecular weight excluding hydrogens is 362 g/mol. The molecular formula is C29H39N. The lowest BCUT2D eigenvalue weighted by Gasteiger charge is -2.39. The topological polar surface area (TPSA) is 12.9 Å². The predicted octanol–water partition coefficient (Wildman–Crippen LogP) is 8.65. The van der Waals surface area contributed by atoms with E-state index in [0.717, 1.165) is 25.2 Å². The minimum absolute atomic E-state index is 0.0362. The summed E-state index contributed by atoms with van der Waals surface area (Å²) < 4.78 is 0. The maximum atomic E-state index is 4.85. The molecule has 1 aromatic carbocycles. The van der Waals surface area contributed by atoms with Gasteiger partial charge < -0.3 is 0 Å². The number of nitrogens with zero attached hydrogens (tertiary/aromatic N) is 1. The Bertz CT molecular complexity index is 948. The molecule has 1 aromatic heterocycles. The molecule has 160 valence electrons. The number of aromatic nitrogens is 1. The maximum Gasteiger partial charge on any atom is 0.0749 e. The number of benzene rings is 1. The SMILES string of the molecule is CCC(C)CC.CCC=CCC1CC=CC2=C1c1nccc3cccc(c13)C2(C)C. The van der Waals surface area contributed by atoms with Crippen LogP contribution in [-0.4, -0.2) is 4.98 Å². The van der Waals surface area contributed by atoms with Crippen molar-refractivity contribution in [1.29, 1.82) is 0 Å². The molecule has 1 nitrogen and oxygen atoms in total. The minimum atomic E-state index is 0.0362. The Morgan fingerprint density at radius 1 is 1.10 bits per heavy atom. The Kier molecular flexibility index (Phi) is 7.34. The van der Waals surface area contributed by atoms with Gasteiger partial charge in [-0.1, -0.05) is 96.9 Å². The monoisotopic (exact) mass is 401 g/mol. The van der Waals surface area contributed by atoms with Crippen molar-refractivity contribution in [2.24, 2.45) is 11.8 Å². The Hall–Kier alpha value is -2.15. The molecule has 1 unspecified atom stereocenters. The lowest BCUT2D eigenvalue weighted by Crippen LogP contribution is -2.28. The summed E-state index contributed by atoms with van der Waals surface area (Å²) in [7, 11) is 0. The number of hydrogen-bond acceptors (Lipinski definition) is 1. The highest BCUT2D eigenvalue weighted by Crippen LogP contribution is 2.51. The quantitative estimate of drug-likeness (QED) is 0.457. The third-order valence-electron chi connectivity index (χ3n) is 7.01. The van der Waals surface area contributed by atoms with Crippen molar-refractivity contribution in [1.82, 2.24) is 4.98 Å². The normalized spacial score (nSPS) is 19.2. The summed E-state index contributed by atoms with van der Waals surface area (Å²) in [4.78, 5) is 4.85. The van der Waals surface area contributed by atoms with E-state index in [1.165, 1.54) is 46.0 Å². The molecule has 0 spiro atoms. The van der Waals surface area contributed by atoms with Gasteiger partial charge in [0, 0.05) is 17.0 Å². The summed E-state index contributed by atoms with van der Waals surface area (Å²) in [5.74, 6) is 1.48. The van der Waals surface area contributed by atoms with Crippen LogP contribution in [0.4, 0.5) is 0 Å². The molecule has 2 aromatic rings. The summed E-state index contributed by atoms with van der Waals surface area (Å²) in [6.45, 7) is 13.7. The van der Waals surface area contributed by atoms with Crippen LogP contribution in [0.5, 0.6) is 0 Å². The van der Waals surface area contributed by atoms with Crippen molar-refractivity contribution in [2.45, 2.75) is 79.1 Å². The molecule has 2 aliphatic carbocycles. The average Bonchev–Trinajstić information content (AvgIpc) is 2.77. The number of fused-ring (bicyclic) bond motifs is 1. The summed E-state index contributed by atoms with van der Waals surface area (Å²) >= 11 is 0. The highest BCUT2D eigenvalue weighted by Gasteiger charge is 2.38. The van der Waals surface area contributed by atoms with Crippen molar-refractivity contribution in [3.63, 3.8) is 0 Å². The van der Waals surface area contributed by atoms with Crippen LogP contribution in [0.15, 0.2) is 60.3 Å².